The van der Waals surface area contributed by atoms with E-state index in [9.17, 15) is 4.79 Å². The number of benzene rings is 2. The Morgan fingerprint density at radius 1 is 1.17 bits per heavy atom. The Balaban J connectivity index is 1.60. The fourth-order valence-corrected chi connectivity index (χ4v) is 4.21. The number of nitrogens with zero attached hydrogens (tertiary/aromatic N) is 1. The molecule has 0 amide bonds. The zero-order valence-corrected chi connectivity index (χ0v) is 17.5. The molecule has 0 radical (unpaired) electrons. The van der Waals surface area contributed by atoms with Gasteiger partial charge in [0, 0.05) is 12.6 Å². The van der Waals surface area contributed by atoms with E-state index in [0.717, 1.165) is 48.5 Å². The summed E-state index contributed by atoms with van der Waals surface area (Å²) < 4.78 is 17.0. The standard InChI is InChI=1S/C24H29NO4/c1-16-17(2)24-22(12-19(16)11-18-6-8-21(27-3)9-7-18)23(26)13-25(15-29-24)20-5-4-10-28-14-20/h6-9,12,20H,4-5,10-11,13-15H2,1-3H3. The van der Waals surface area contributed by atoms with E-state index in [1.54, 1.807) is 7.11 Å². The van der Waals surface area contributed by atoms with E-state index in [0.29, 0.717) is 25.4 Å². The summed E-state index contributed by atoms with van der Waals surface area (Å²) in [7, 11) is 1.67. The molecule has 1 unspecified atom stereocenters. The minimum atomic E-state index is 0.127. The topological polar surface area (TPSA) is 48.0 Å². The van der Waals surface area contributed by atoms with Crippen LogP contribution in [0.1, 0.15) is 45.5 Å². The lowest BCUT2D eigenvalue weighted by Gasteiger charge is -2.32. The van der Waals surface area contributed by atoms with Gasteiger partial charge in [0.1, 0.15) is 18.2 Å². The van der Waals surface area contributed by atoms with E-state index in [1.807, 2.05) is 18.2 Å². The molecule has 0 bridgehead atoms. The lowest BCUT2D eigenvalue weighted by atomic mass is 9.92. The molecule has 4 rings (SSSR count). The number of hydrogen-bond acceptors (Lipinski definition) is 5. The first-order valence-corrected chi connectivity index (χ1v) is 10.3. The highest BCUT2D eigenvalue weighted by molar-refractivity contribution is 6.01. The first-order valence-electron chi connectivity index (χ1n) is 10.3. The maximum Gasteiger partial charge on any atom is 0.180 e. The lowest BCUT2D eigenvalue weighted by Crippen LogP contribution is -2.44. The molecule has 5 heteroatoms. The monoisotopic (exact) mass is 395 g/mol. The molecular formula is C24H29NO4. The van der Waals surface area contributed by atoms with Crippen LogP contribution in [-0.2, 0) is 11.2 Å². The number of ether oxygens (including phenoxy) is 3. The van der Waals surface area contributed by atoms with E-state index in [-0.39, 0.29) is 11.8 Å². The highest BCUT2D eigenvalue weighted by Gasteiger charge is 2.30. The van der Waals surface area contributed by atoms with Crippen LogP contribution in [0.25, 0.3) is 0 Å². The number of carbonyl (C=O) groups excluding carboxylic acids is 1. The van der Waals surface area contributed by atoms with Gasteiger partial charge in [-0.1, -0.05) is 12.1 Å². The second-order valence-electron chi connectivity index (χ2n) is 8.00. The number of fused-ring (bicyclic) bond motifs is 1. The SMILES string of the molecule is COc1ccc(Cc2cc3c(c(C)c2C)OCN(C2CCCOC2)CC3=O)cc1. The van der Waals surface area contributed by atoms with Crippen LogP contribution in [-0.4, -0.2) is 50.3 Å². The maximum absolute atomic E-state index is 13.1. The van der Waals surface area contributed by atoms with Crippen molar-refractivity contribution in [3.63, 3.8) is 0 Å². The summed E-state index contributed by atoms with van der Waals surface area (Å²) in [6.45, 7) is 6.47. The summed E-state index contributed by atoms with van der Waals surface area (Å²) in [4.78, 5) is 15.3. The molecule has 2 aliphatic heterocycles. The zero-order valence-electron chi connectivity index (χ0n) is 17.5. The Bertz CT molecular complexity index is 885. The number of rotatable bonds is 4. The summed E-state index contributed by atoms with van der Waals surface area (Å²) >= 11 is 0. The minimum Gasteiger partial charge on any atom is -0.497 e. The van der Waals surface area contributed by atoms with Crippen molar-refractivity contribution in [3.8, 4) is 11.5 Å². The predicted octanol–water partition coefficient (Wildman–Crippen LogP) is 3.92. The first kappa shape index (κ1) is 19.9. The van der Waals surface area contributed by atoms with Gasteiger partial charge in [-0.25, -0.2) is 0 Å². The summed E-state index contributed by atoms with van der Waals surface area (Å²) in [6.07, 6.45) is 2.86. The quantitative estimate of drug-likeness (QED) is 0.785. The van der Waals surface area contributed by atoms with Crippen LogP contribution in [0.5, 0.6) is 11.5 Å². The van der Waals surface area contributed by atoms with Crippen molar-refractivity contribution in [2.24, 2.45) is 0 Å². The molecule has 0 N–H and O–H groups in total. The van der Waals surface area contributed by atoms with Gasteiger partial charge in [-0.05, 0) is 73.6 Å². The molecule has 154 valence electrons. The molecule has 2 heterocycles. The lowest BCUT2D eigenvalue weighted by molar-refractivity contribution is -0.00548. The van der Waals surface area contributed by atoms with Crippen LogP contribution < -0.4 is 9.47 Å². The fraction of sp³-hybridized carbons (Fsp3) is 0.458. The van der Waals surface area contributed by atoms with Gasteiger partial charge in [-0.15, -0.1) is 0 Å². The van der Waals surface area contributed by atoms with Gasteiger partial charge in [0.15, 0.2) is 5.78 Å². The van der Waals surface area contributed by atoms with Crippen molar-refractivity contribution >= 4 is 5.78 Å². The molecule has 5 nitrogen and oxygen atoms in total. The summed E-state index contributed by atoms with van der Waals surface area (Å²) in [6, 6.07) is 10.4. The average molecular weight is 395 g/mol. The van der Waals surface area contributed by atoms with E-state index in [2.05, 4.69) is 30.9 Å². The summed E-state index contributed by atoms with van der Waals surface area (Å²) in [5, 5.41) is 0. The van der Waals surface area contributed by atoms with E-state index in [4.69, 9.17) is 14.2 Å². The van der Waals surface area contributed by atoms with Gasteiger partial charge in [0.05, 0.1) is 25.8 Å². The Morgan fingerprint density at radius 3 is 2.66 bits per heavy atom. The van der Waals surface area contributed by atoms with Gasteiger partial charge in [-0.2, -0.15) is 0 Å². The van der Waals surface area contributed by atoms with Crippen LogP contribution in [0.3, 0.4) is 0 Å². The van der Waals surface area contributed by atoms with Crippen molar-refractivity contribution in [2.75, 3.05) is 33.6 Å². The molecule has 1 atom stereocenters. The van der Waals surface area contributed by atoms with Crippen molar-refractivity contribution in [2.45, 2.75) is 39.2 Å². The summed E-state index contributed by atoms with van der Waals surface area (Å²) in [5.41, 5.74) is 5.30. The van der Waals surface area contributed by atoms with Gasteiger partial charge < -0.3 is 14.2 Å². The highest BCUT2D eigenvalue weighted by Crippen LogP contribution is 2.33. The van der Waals surface area contributed by atoms with Crippen LogP contribution in [0.2, 0.25) is 0 Å². The summed E-state index contributed by atoms with van der Waals surface area (Å²) in [5.74, 6) is 1.71. The number of Topliss-reactive ketones (excluding diaryl/α,β-unsaturated/α-hetero) is 1. The minimum absolute atomic E-state index is 0.127. The predicted molar refractivity (Wildman–Crippen MR) is 112 cm³/mol. The van der Waals surface area contributed by atoms with Gasteiger partial charge in [0.25, 0.3) is 0 Å². The second-order valence-corrected chi connectivity index (χ2v) is 8.00. The third-order valence-corrected chi connectivity index (χ3v) is 6.18. The third-order valence-electron chi connectivity index (χ3n) is 6.18. The Kier molecular flexibility index (Phi) is 5.88. The van der Waals surface area contributed by atoms with Crippen molar-refractivity contribution in [1.82, 2.24) is 4.90 Å². The molecule has 0 aliphatic carbocycles. The largest absolute Gasteiger partial charge is 0.497 e. The molecule has 2 aromatic rings. The molecule has 1 fully saturated rings. The Morgan fingerprint density at radius 2 is 1.97 bits per heavy atom. The van der Waals surface area contributed by atoms with Gasteiger partial charge in [-0.3, -0.25) is 9.69 Å². The smallest absolute Gasteiger partial charge is 0.180 e. The molecule has 0 aromatic heterocycles. The van der Waals surface area contributed by atoms with Gasteiger partial charge >= 0.3 is 0 Å². The molecule has 1 saturated heterocycles. The van der Waals surface area contributed by atoms with Crippen molar-refractivity contribution < 1.29 is 19.0 Å². The molecule has 0 spiro atoms. The highest BCUT2D eigenvalue weighted by atomic mass is 16.5. The van der Waals surface area contributed by atoms with Crippen molar-refractivity contribution in [3.05, 3.63) is 58.1 Å². The first-order chi connectivity index (χ1) is 14.1. The molecule has 2 aromatic carbocycles. The fourth-order valence-electron chi connectivity index (χ4n) is 4.21. The van der Waals surface area contributed by atoms with Crippen LogP contribution in [0.4, 0.5) is 0 Å². The zero-order chi connectivity index (χ0) is 20.4. The third kappa shape index (κ3) is 4.16. The molecule has 29 heavy (non-hydrogen) atoms. The Labute approximate surface area is 172 Å². The second kappa shape index (κ2) is 8.56. The molecular weight excluding hydrogens is 366 g/mol. The van der Waals surface area contributed by atoms with E-state index in [1.165, 1.54) is 11.1 Å². The normalized spacial score (nSPS) is 20.0. The molecule has 0 saturated carbocycles. The van der Waals surface area contributed by atoms with Gasteiger partial charge in [0.2, 0.25) is 0 Å². The van der Waals surface area contributed by atoms with E-state index >= 15 is 0 Å². The maximum atomic E-state index is 13.1. The average Bonchev–Trinajstić information content (AvgIpc) is 2.92. The number of ketones is 1. The molecule has 2 aliphatic rings. The number of methoxy groups -OCH3 is 1. The van der Waals surface area contributed by atoms with E-state index < -0.39 is 0 Å². The Hall–Kier alpha value is -2.37. The number of carbonyl (C=O) groups is 1. The van der Waals surface area contributed by atoms with Crippen LogP contribution in [0.15, 0.2) is 30.3 Å². The number of hydrogen-bond donors (Lipinski definition) is 0. The van der Waals surface area contributed by atoms with Crippen LogP contribution in [0, 0.1) is 13.8 Å². The van der Waals surface area contributed by atoms with Crippen LogP contribution >= 0.6 is 0 Å². The van der Waals surface area contributed by atoms with Crippen molar-refractivity contribution in [1.29, 1.82) is 0 Å².